The number of methoxy groups -OCH3 is 1. The molecule has 0 bridgehead atoms. The lowest BCUT2D eigenvalue weighted by Gasteiger charge is -2.14. The number of nitrogens with one attached hydrogen (secondary N) is 2. The van der Waals surface area contributed by atoms with Gasteiger partial charge in [0.1, 0.15) is 5.75 Å². The summed E-state index contributed by atoms with van der Waals surface area (Å²) in [5.74, 6) is 0.384. The van der Waals surface area contributed by atoms with Crippen LogP contribution in [-0.4, -0.2) is 33.0 Å². The predicted molar refractivity (Wildman–Crippen MR) is 105 cm³/mol. The molecule has 2 N–H and O–H groups in total. The second-order valence-electron chi connectivity index (χ2n) is 5.83. The van der Waals surface area contributed by atoms with Crippen molar-refractivity contribution in [3.63, 3.8) is 0 Å². The van der Waals surface area contributed by atoms with Crippen LogP contribution in [0.2, 0.25) is 0 Å². The predicted octanol–water partition coefficient (Wildman–Crippen LogP) is 2.75. The average Bonchev–Trinajstić information content (AvgIpc) is 3.02. The van der Waals surface area contributed by atoms with E-state index in [0.717, 1.165) is 5.56 Å². The van der Waals surface area contributed by atoms with E-state index < -0.39 is 5.25 Å². The second kappa shape index (κ2) is 8.59. The zero-order valence-corrected chi connectivity index (χ0v) is 15.8. The zero-order valence-electron chi connectivity index (χ0n) is 15.0. The molecule has 0 aliphatic carbocycles. The van der Waals surface area contributed by atoms with Crippen molar-refractivity contribution in [2.45, 2.75) is 23.9 Å². The van der Waals surface area contributed by atoms with E-state index in [1.165, 1.54) is 16.3 Å². The largest absolute Gasteiger partial charge is 0.495 e. The molecule has 3 aromatic rings. The van der Waals surface area contributed by atoms with Gasteiger partial charge in [-0.2, -0.15) is 0 Å². The fourth-order valence-electron chi connectivity index (χ4n) is 2.49. The first-order valence-corrected chi connectivity index (χ1v) is 9.26. The minimum absolute atomic E-state index is 0.203. The molecule has 3 rings (SSSR count). The average molecular weight is 384 g/mol. The number of hydrogen-bond donors (Lipinski definition) is 2. The van der Waals surface area contributed by atoms with Crippen LogP contribution in [0.1, 0.15) is 12.5 Å². The fourth-order valence-corrected chi connectivity index (χ4v) is 3.35. The van der Waals surface area contributed by atoms with E-state index in [1.54, 1.807) is 26.2 Å². The van der Waals surface area contributed by atoms with E-state index in [0.29, 0.717) is 23.1 Å². The molecule has 0 aliphatic rings. The van der Waals surface area contributed by atoms with Crippen LogP contribution in [0.25, 0.3) is 0 Å². The number of H-pyrrole nitrogens is 1. The molecule has 2 aromatic carbocycles. The van der Waals surface area contributed by atoms with Crippen LogP contribution < -0.4 is 15.7 Å². The van der Waals surface area contributed by atoms with Crippen molar-refractivity contribution in [3.05, 3.63) is 70.6 Å². The van der Waals surface area contributed by atoms with Gasteiger partial charge in [-0.15, -0.1) is 5.10 Å². The highest BCUT2D eigenvalue weighted by Gasteiger charge is 2.20. The Labute approximate surface area is 160 Å². The number of rotatable bonds is 7. The Kier molecular flexibility index (Phi) is 5.97. The van der Waals surface area contributed by atoms with Gasteiger partial charge in [-0.3, -0.25) is 9.36 Å². The SMILES string of the molecule is COc1ccccc1NC(=O)[C@H](C)Sc1n[nH]c(=O)n1Cc1ccccc1. The molecular formula is C19H20N4O3S. The molecule has 0 spiro atoms. The van der Waals surface area contributed by atoms with Crippen molar-refractivity contribution in [2.24, 2.45) is 0 Å². The van der Waals surface area contributed by atoms with E-state index in [9.17, 15) is 9.59 Å². The Balaban J connectivity index is 1.71. The second-order valence-corrected chi connectivity index (χ2v) is 7.14. The van der Waals surface area contributed by atoms with Crippen LogP contribution in [0, 0.1) is 0 Å². The van der Waals surface area contributed by atoms with E-state index in [1.807, 2.05) is 42.5 Å². The molecule has 0 aliphatic heterocycles. The van der Waals surface area contributed by atoms with Crippen molar-refractivity contribution < 1.29 is 9.53 Å². The summed E-state index contributed by atoms with van der Waals surface area (Å²) in [4.78, 5) is 24.6. The maximum Gasteiger partial charge on any atom is 0.344 e. The quantitative estimate of drug-likeness (QED) is 0.612. The monoisotopic (exact) mass is 384 g/mol. The van der Waals surface area contributed by atoms with E-state index in [4.69, 9.17) is 4.74 Å². The summed E-state index contributed by atoms with van der Waals surface area (Å²) in [5.41, 5.74) is 1.27. The molecule has 0 saturated carbocycles. The molecule has 1 heterocycles. The van der Waals surface area contributed by atoms with Gasteiger partial charge < -0.3 is 10.1 Å². The van der Waals surface area contributed by atoms with E-state index in [2.05, 4.69) is 15.5 Å². The van der Waals surface area contributed by atoms with Gasteiger partial charge in [0.2, 0.25) is 5.91 Å². The van der Waals surface area contributed by atoms with Crippen LogP contribution in [0.3, 0.4) is 0 Å². The Morgan fingerprint density at radius 2 is 1.93 bits per heavy atom. The van der Waals surface area contributed by atoms with Gasteiger partial charge in [-0.25, -0.2) is 9.89 Å². The third-order valence-electron chi connectivity index (χ3n) is 3.92. The number of ether oxygens (including phenoxy) is 1. The van der Waals surface area contributed by atoms with Gasteiger partial charge in [0.15, 0.2) is 5.16 Å². The molecule has 1 aromatic heterocycles. The van der Waals surface area contributed by atoms with Crippen LogP contribution in [-0.2, 0) is 11.3 Å². The molecule has 1 amide bonds. The maximum atomic E-state index is 12.5. The van der Waals surface area contributed by atoms with Gasteiger partial charge in [-0.05, 0) is 24.6 Å². The van der Waals surface area contributed by atoms with Crippen molar-refractivity contribution in [1.29, 1.82) is 0 Å². The van der Waals surface area contributed by atoms with Crippen molar-refractivity contribution in [2.75, 3.05) is 12.4 Å². The molecule has 7 nitrogen and oxygen atoms in total. The Morgan fingerprint density at radius 3 is 2.67 bits per heavy atom. The Hall–Kier alpha value is -3.00. The molecule has 0 radical (unpaired) electrons. The summed E-state index contributed by atoms with van der Waals surface area (Å²) in [6, 6.07) is 16.8. The molecule has 0 unspecified atom stereocenters. The van der Waals surface area contributed by atoms with Crippen LogP contribution in [0.4, 0.5) is 5.69 Å². The Morgan fingerprint density at radius 1 is 1.22 bits per heavy atom. The number of thioether (sulfide) groups is 1. The highest BCUT2D eigenvalue weighted by Crippen LogP contribution is 2.26. The zero-order chi connectivity index (χ0) is 19.2. The molecule has 8 heteroatoms. The number of carbonyl (C=O) groups is 1. The fraction of sp³-hybridized carbons (Fsp3) is 0.211. The first kappa shape index (κ1) is 18.8. The van der Waals surface area contributed by atoms with Crippen molar-refractivity contribution in [1.82, 2.24) is 14.8 Å². The summed E-state index contributed by atoms with van der Waals surface area (Å²) in [6.07, 6.45) is 0. The summed E-state index contributed by atoms with van der Waals surface area (Å²) in [5, 5.41) is 9.37. The number of anilines is 1. The summed E-state index contributed by atoms with van der Waals surface area (Å²) in [6.45, 7) is 2.15. The molecule has 0 fully saturated rings. The maximum absolute atomic E-state index is 12.5. The summed E-state index contributed by atoms with van der Waals surface area (Å²) in [7, 11) is 1.55. The van der Waals surface area contributed by atoms with Gasteiger partial charge >= 0.3 is 5.69 Å². The van der Waals surface area contributed by atoms with Crippen LogP contribution >= 0.6 is 11.8 Å². The molecule has 140 valence electrons. The van der Waals surface area contributed by atoms with Gasteiger partial charge in [-0.1, -0.05) is 54.2 Å². The lowest BCUT2D eigenvalue weighted by molar-refractivity contribution is -0.115. The topological polar surface area (TPSA) is 89.0 Å². The first-order valence-electron chi connectivity index (χ1n) is 8.38. The van der Waals surface area contributed by atoms with Gasteiger partial charge in [0.25, 0.3) is 0 Å². The lowest BCUT2D eigenvalue weighted by Crippen LogP contribution is -2.24. The van der Waals surface area contributed by atoms with E-state index in [-0.39, 0.29) is 11.6 Å². The minimum Gasteiger partial charge on any atom is -0.495 e. The van der Waals surface area contributed by atoms with Gasteiger partial charge in [0.05, 0.1) is 24.6 Å². The number of amides is 1. The minimum atomic E-state index is -0.459. The Bertz CT molecular complexity index is 968. The first-order chi connectivity index (χ1) is 13.1. The number of carbonyl (C=O) groups excluding carboxylic acids is 1. The molecular weight excluding hydrogens is 364 g/mol. The number of hydrogen-bond acceptors (Lipinski definition) is 5. The van der Waals surface area contributed by atoms with Crippen molar-refractivity contribution in [3.8, 4) is 5.75 Å². The van der Waals surface area contributed by atoms with Crippen LogP contribution in [0.15, 0.2) is 64.5 Å². The number of para-hydroxylation sites is 2. The summed E-state index contributed by atoms with van der Waals surface area (Å²) >= 11 is 1.22. The van der Waals surface area contributed by atoms with Crippen LogP contribution in [0.5, 0.6) is 5.75 Å². The smallest absolute Gasteiger partial charge is 0.344 e. The molecule has 1 atom stereocenters. The number of aromatic amines is 1. The molecule has 27 heavy (non-hydrogen) atoms. The number of aromatic nitrogens is 3. The third kappa shape index (κ3) is 4.59. The van der Waals surface area contributed by atoms with E-state index >= 15 is 0 Å². The molecule has 0 saturated heterocycles. The highest BCUT2D eigenvalue weighted by atomic mass is 32.2. The number of benzene rings is 2. The number of nitrogens with zero attached hydrogens (tertiary/aromatic N) is 2. The highest BCUT2D eigenvalue weighted by molar-refractivity contribution is 8.00. The van der Waals surface area contributed by atoms with Gasteiger partial charge in [0, 0.05) is 0 Å². The summed E-state index contributed by atoms with van der Waals surface area (Å²) < 4.78 is 6.77. The third-order valence-corrected chi connectivity index (χ3v) is 5.01. The normalized spacial score (nSPS) is 11.8. The van der Waals surface area contributed by atoms with Crippen molar-refractivity contribution >= 4 is 23.4 Å². The lowest BCUT2D eigenvalue weighted by atomic mass is 10.2. The standard InChI is InChI=1S/C19H20N4O3S/c1-13(17(24)20-15-10-6-7-11-16(15)26-2)27-19-22-21-18(25)23(19)12-14-8-4-3-5-9-14/h3-11,13H,12H2,1-2H3,(H,20,24)(H,21,25)/t13-/m0/s1.